The Hall–Kier alpha value is -1.95. The smallest absolute Gasteiger partial charge is 0.270 e. The van der Waals surface area contributed by atoms with E-state index in [1.807, 2.05) is 38.1 Å². The molecule has 2 N–H and O–H groups in total. The van der Waals surface area contributed by atoms with Gasteiger partial charge in [-0.2, -0.15) is 0 Å². The maximum atomic E-state index is 12.6. The minimum absolute atomic E-state index is 0.0677. The lowest BCUT2D eigenvalue weighted by Gasteiger charge is -2.16. The number of anilines is 1. The number of aromatic nitrogens is 2. The summed E-state index contributed by atoms with van der Waals surface area (Å²) >= 11 is 1.50. The Labute approximate surface area is 139 Å². The van der Waals surface area contributed by atoms with E-state index in [-0.39, 0.29) is 22.8 Å². The van der Waals surface area contributed by atoms with Crippen LogP contribution < -0.4 is 10.9 Å². The molecule has 0 fully saturated rings. The lowest BCUT2D eigenvalue weighted by Crippen LogP contribution is -2.18. The normalized spacial score (nSPS) is 18.9. The van der Waals surface area contributed by atoms with Crippen molar-refractivity contribution in [2.45, 2.75) is 38.5 Å². The molecule has 0 bridgehead atoms. The molecule has 0 spiro atoms. The van der Waals surface area contributed by atoms with E-state index in [0.29, 0.717) is 17.1 Å². The summed E-state index contributed by atoms with van der Waals surface area (Å²) in [6.07, 6.45) is 0.870. The van der Waals surface area contributed by atoms with Gasteiger partial charge in [-0.3, -0.25) is 19.4 Å². The molecule has 1 amide bonds. The molecule has 0 unspecified atom stereocenters. The van der Waals surface area contributed by atoms with Crippen LogP contribution in [-0.4, -0.2) is 21.4 Å². The number of carbonyl (C=O) groups is 1. The molecule has 0 saturated heterocycles. The molecule has 5 nitrogen and oxygen atoms in total. The Kier molecular flexibility index (Phi) is 4.35. The second-order valence-electron chi connectivity index (χ2n) is 5.98. The highest BCUT2D eigenvalue weighted by Crippen LogP contribution is 2.40. The number of amides is 1. The van der Waals surface area contributed by atoms with E-state index in [2.05, 4.69) is 17.3 Å². The summed E-state index contributed by atoms with van der Waals surface area (Å²) in [6.45, 7) is 6.12. The van der Waals surface area contributed by atoms with Crippen molar-refractivity contribution in [3.63, 3.8) is 0 Å². The van der Waals surface area contributed by atoms with Crippen LogP contribution in [0, 0.1) is 6.92 Å². The number of H-pyrrole nitrogens is 1. The minimum atomic E-state index is -0.140. The van der Waals surface area contributed by atoms with Gasteiger partial charge in [0.1, 0.15) is 5.82 Å². The molecule has 122 valence electrons. The zero-order chi connectivity index (χ0) is 16.6. The number of aryl methyl sites for hydroxylation is 1. The van der Waals surface area contributed by atoms with Crippen molar-refractivity contribution < 1.29 is 4.79 Å². The van der Waals surface area contributed by atoms with Gasteiger partial charge in [0.25, 0.3) is 5.56 Å². The molecule has 0 aliphatic carbocycles. The van der Waals surface area contributed by atoms with Crippen LogP contribution in [0.3, 0.4) is 0 Å². The zero-order valence-electron chi connectivity index (χ0n) is 13.6. The molecule has 3 rings (SSSR count). The third kappa shape index (κ3) is 2.95. The fourth-order valence-electron chi connectivity index (χ4n) is 2.76. The van der Waals surface area contributed by atoms with E-state index in [1.165, 1.54) is 17.3 Å². The van der Waals surface area contributed by atoms with Gasteiger partial charge in [-0.15, -0.1) is 11.8 Å². The Bertz CT molecular complexity index is 776. The third-order valence-corrected chi connectivity index (χ3v) is 5.55. The Morgan fingerprint density at radius 2 is 2.00 bits per heavy atom. The number of nitrogens with zero attached hydrogens (tertiary/aromatic N) is 1. The van der Waals surface area contributed by atoms with Crippen molar-refractivity contribution in [1.29, 1.82) is 0 Å². The monoisotopic (exact) mass is 331 g/mol. The van der Waals surface area contributed by atoms with Crippen molar-refractivity contribution in [2.24, 2.45) is 0 Å². The number of thioether (sulfide) groups is 1. The number of aromatic amines is 1. The predicted octanol–water partition coefficient (Wildman–Crippen LogP) is 3.23. The number of fused-ring (bicyclic) bond motifs is 1. The first-order valence-corrected chi connectivity index (χ1v) is 8.88. The van der Waals surface area contributed by atoms with Crippen LogP contribution in [0.1, 0.15) is 48.3 Å². The van der Waals surface area contributed by atoms with Gasteiger partial charge < -0.3 is 5.32 Å². The quantitative estimate of drug-likeness (QED) is 0.907. The van der Waals surface area contributed by atoms with Crippen LogP contribution in [-0.2, 0) is 4.79 Å². The lowest BCUT2D eigenvalue weighted by atomic mass is 10.0. The molecule has 2 aromatic rings. The summed E-state index contributed by atoms with van der Waals surface area (Å²) < 4.78 is 1.79. The molecular formula is C17H21N3O2S. The molecule has 2 heterocycles. The number of rotatable bonds is 3. The van der Waals surface area contributed by atoms with Gasteiger partial charge in [-0.25, -0.2) is 0 Å². The fourth-order valence-corrected chi connectivity index (χ4v) is 3.89. The average molecular weight is 331 g/mol. The summed E-state index contributed by atoms with van der Waals surface area (Å²) in [5.74, 6) is 0.888. The number of hydrogen-bond acceptors (Lipinski definition) is 3. The second-order valence-corrected chi connectivity index (χ2v) is 7.07. The summed E-state index contributed by atoms with van der Waals surface area (Å²) in [4.78, 5) is 24.7. The van der Waals surface area contributed by atoms with Crippen LogP contribution in [0.4, 0.5) is 5.82 Å². The minimum Gasteiger partial charge on any atom is -0.310 e. The van der Waals surface area contributed by atoms with Crippen molar-refractivity contribution in [3.05, 3.63) is 51.3 Å². The third-order valence-electron chi connectivity index (χ3n) is 4.28. The molecule has 0 saturated carbocycles. The number of benzene rings is 1. The fraction of sp³-hybridized carbons (Fsp3) is 0.412. The van der Waals surface area contributed by atoms with E-state index in [1.54, 1.807) is 4.68 Å². The van der Waals surface area contributed by atoms with Crippen molar-refractivity contribution in [3.8, 4) is 0 Å². The highest BCUT2D eigenvalue weighted by molar-refractivity contribution is 8.00. The second kappa shape index (κ2) is 6.28. The van der Waals surface area contributed by atoms with Crippen molar-refractivity contribution in [1.82, 2.24) is 9.78 Å². The van der Waals surface area contributed by atoms with Crippen molar-refractivity contribution >= 4 is 23.5 Å². The van der Waals surface area contributed by atoms with Gasteiger partial charge in [0.2, 0.25) is 5.91 Å². The predicted molar refractivity (Wildman–Crippen MR) is 94.2 cm³/mol. The summed E-state index contributed by atoms with van der Waals surface area (Å²) in [5.41, 5.74) is 2.74. The molecule has 1 aliphatic rings. The highest BCUT2D eigenvalue weighted by atomic mass is 32.2. The molecule has 1 aromatic carbocycles. The van der Waals surface area contributed by atoms with Gasteiger partial charge in [0, 0.05) is 6.04 Å². The standard InChI is InChI=1S/C17H21N3O2S/c1-4-11(3)20-16-14(17(22)19-20)15(23-9-13(21)18-16)12-7-5-10(2)6-8-12/h5-8,11,15H,4,9H2,1-3H3,(H,18,21)(H,19,22)/t11-,15+/m1/s1. The molecule has 2 atom stereocenters. The van der Waals surface area contributed by atoms with E-state index in [4.69, 9.17) is 0 Å². The van der Waals surface area contributed by atoms with E-state index in [9.17, 15) is 9.59 Å². The SMILES string of the molecule is CC[C@@H](C)n1[nH]c(=O)c2c1NC(=O)CS[C@H]2c1ccc(C)cc1. The molecule has 6 heteroatoms. The molecule has 1 aliphatic heterocycles. The molecule has 1 aromatic heterocycles. The largest absolute Gasteiger partial charge is 0.310 e. The van der Waals surface area contributed by atoms with Crippen molar-refractivity contribution in [2.75, 3.05) is 11.1 Å². The Morgan fingerprint density at radius 3 is 2.65 bits per heavy atom. The highest BCUT2D eigenvalue weighted by Gasteiger charge is 2.31. The van der Waals surface area contributed by atoms with Gasteiger partial charge in [-0.1, -0.05) is 36.8 Å². The zero-order valence-corrected chi connectivity index (χ0v) is 14.4. The summed E-state index contributed by atoms with van der Waals surface area (Å²) in [7, 11) is 0. The molecule has 0 radical (unpaired) electrons. The summed E-state index contributed by atoms with van der Waals surface area (Å²) in [6, 6.07) is 8.26. The lowest BCUT2D eigenvalue weighted by molar-refractivity contribution is -0.113. The van der Waals surface area contributed by atoms with Gasteiger partial charge in [0.15, 0.2) is 0 Å². The first kappa shape index (κ1) is 15.9. The van der Waals surface area contributed by atoms with E-state index >= 15 is 0 Å². The first-order valence-electron chi connectivity index (χ1n) is 7.83. The van der Waals surface area contributed by atoms with E-state index < -0.39 is 0 Å². The Balaban J connectivity index is 2.15. The van der Waals surface area contributed by atoms with Crippen LogP contribution in [0.5, 0.6) is 0 Å². The maximum absolute atomic E-state index is 12.6. The average Bonchev–Trinajstić information content (AvgIpc) is 2.74. The number of carbonyl (C=O) groups excluding carboxylic acids is 1. The Morgan fingerprint density at radius 1 is 1.30 bits per heavy atom. The molecular weight excluding hydrogens is 310 g/mol. The number of hydrogen-bond donors (Lipinski definition) is 2. The van der Waals surface area contributed by atoms with Crippen LogP contribution >= 0.6 is 11.8 Å². The van der Waals surface area contributed by atoms with Crippen LogP contribution in [0.25, 0.3) is 0 Å². The van der Waals surface area contributed by atoms with Gasteiger partial charge in [-0.05, 0) is 25.8 Å². The maximum Gasteiger partial charge on any atom is 0.270 e. The van der Waals surface area contributed by atoms with E-state index in [0.717, 1.165) is 12.0 Å². The summed E-state index contributed by atoms with van der Waals surface area (Å²) in [5, 5.41) is 5.67. The first-order chi connectivity index (χ1) is 11.0. The number of nitrogens with one attached hydrogen (secondary N) is 2. The topological polar surface area (TPSA) is 66.9 Å². The molecule has 23 heavy (non-hydrogen) atoms. The van der Waals surface area contributed by atoms with Crippen LogP contribution in [0.2, 0.25) is 0 Å². The van der Waals surface area contributed by atoms with Gasteiger partial charge in [0.05, 0.1) is 16.6 Å². The van der Waals surface area contributed by atoms with Crippen LogP contribution in [0.15, 0.2) is 29.1 Å². The van der Waals surface area contributed by atoms with Gasteiger partial charge >= 0.3 is 0 Å².